The number of nitrogens with zero attached hydrogens (tertiary/aromatic N) is 1. The number of thiocarbonyl (C=S) groups is 1. The van der Waals surface area contributed by atoms with Crippen molar-refractivity contribution in [1.29, 1.82) is 0 Å². The maximum Gasteiger partial charge on any atom is 0.182 e. The van der Waals surface area contributed by atoms with Crippen LogP contribution >= 0.6 is 12.2 Å². The highest BCUT2D eigenvalue weighted by Crippen LogP contribution is 2.15. The van der Waals surface area contributed by atoms with Gasteiger partial charge in [-0.1, -0.05) is 19.1 Å². The summed E-state index contributed by atoms with van der Waals surface area (Å²) in [7, 11) is 0. The number of aryl methyl sites for hydroxylation is 1. The molecule has 92 valence electrons. The first-order valence-corrected chi connectivity index (χ1v) is 6.63. The van der Waals surface area contributed by atoms with Gasteiger partial charge in [0.05, 0.1) is 6.54 Å². The van der Waals surface area contributed by atoms with Crippen LogP contribution in [0.2, 0.25) is 0 Å². The summed E-state index contributed by atoms with van der Waals surface area (Å²) in [5.41, 5.74) is 2.55. The van der Waals surface area contributed by atoms with E-state index in [1.54, 1.807) is 0 Å². The molecule has 0 aromatic heterocycles. The van der Waals surface area contributed by atoms with E-state index in [0.29, 0.717) is 0 Å². The fourth-order valence-electron chi connectivity index (χ4n) is 2.00. The maximum atomic E-state index is 5.37. The van der Waals surface area contributed by atoms with E-state index in [0.717, 1.165) is 31.4 Å². The van der Waals surface area contributed by atoms with Crippen LogP contribution in [0, 0.1) is 0 Å². The van der Waals surface area contributed by atoms with Crippen LogP contribution in [0.25, 0.3) is 0 Å². The Labute approximate surface area is 108 Å². The molecule has 1 heterocycles. The predicted molar refractivity (Wildman–Crippen MR) is 75.3 cm³/mol. The van der Waals surface area contributed by atoms with Gasteiger partial charge in [-0.05, 0) is 43.3 Å². The molecule has 0 radical (unpaired) electrons. The standard InChI is InChI=1S/C13H19N3S/c1-3-11-5-7-12(8-6-11)16-10-15(4-2)9-14-13(16)17/h5-8H,3-4,9-10H2,1-2H3,(H,14,17)/p+1. The lowest BCUT2D eigenvalue weighted by Crippen LogP contribution is -3.17. The highest BCUT2D eigenvalue weighted by molar-refractivity contribution is 7.80. The van der Waals surface area contributed by atoms with Crippen LogP contribution in [-0.2, 0) is 6.42 Å². The van der Waals surface area contributed by atoms with E-state index in [1.807, 2.05) is 0 Å². The van der Waals surface area contributed by atoms with Gasteiger partial charge in [-0.2, -0.15) is 0 Å². The molecule has 1 aromatic carbocycles. The minimum absolute atomic E-state index is 0.839. The van der Waals surface area contributed by atoms with Gasteiger partial charge in [-0.25, -0.2) is 0 Å². The molecule has 2 N–H and O–H groups in total. The highest BCUT2D eigenvalue weighted by atomic mass is 32.1. The monoisotopic (exact) mass is 250 g/mol. The Bertz CT molecular complexity index is 388. The number of nitrogens with one attached hydrogen (secondary N) is 2. The number of hydrogen-bond donors (Lipinski definition) is 2. The predicted octanol–water partition coefficient (Wildman–Crippen LogP) is 0.763. The van der Waals surface area contributed by atoms with Crippen LogP contribution in [0.1, 0.15) is 19.4 Å². The normalized spacial score (nSPS) is 20.2. The summed E-state index contributed by atoms with van der Waals surface area (Å²) in [6.07, 6.45) is 1.08. The summed E-state index contributed by atoms with van der Waals surface area (Å²) in [5.74, 6) is 0. The van der Waals surface area contributed by atoms with Crippen molar-refractivity contribution in [3.63, 3.8) is 0 Å². The van der Waals surface area contributed by atoms with Crippen LogP contribution in [0.4, 0.5) is 5.69 Å². The average molecular weight is 250 g/mol. The summed E-state index contributed by atoms with van der Waals surface area (Å²) in [4.78, 5) is 3.68. The summed E-state index contributed by atoms with van der Waals surface area (Å²) in [6.45, 7) is 7.36. The Hall–Kier alpha value is -1.13. The van der Waals surface area contributed by atoms with Crippen molar-refractivity contribution >= 4 is 23.0 Å². The zero-order valence-electron chi connectivity index (χ0n) is 10.5. The van der Waals surface area contributed by atoms with Gasteiger partial charge >= 0.3 is 0 Å². The lowest BCUT2D eigenvalue weighted by atomic mass is 10.1. The first-order valence-electron chi connectivity index (χ1n) is 6.22. The number of quaternary nitrogens is 1. The molecule has 17 heavy (non-hydrogen) atoms. The largest absolute Gasteiger partial charge is 0.315 e. The van der Waals surface area contributed by atoms with Crippen molar-refractivity contribution < 1.29 is 4.90 Å². The van der Waals surface area contributed by atoms with E-state index in [2.05, 4.69) is 48.3 Å². The zero-order valence-corrected chi connectivity index (χ0v) is 11.3. The Morgan fingerprint density at radius 3 is 2.59 bits per heavy atom. The summed E-state index contributed by atoms with van der Waals surface area (Å²) < 4.78 is 0. The molecule has 1 aliphatic rings. The molecule has 4 heteroatoms. The van der Waals surface area contributed by atoms with E-state index >= 15 is 0 Å². The third-order valence-corrected chi connectivity index (χ3v) is 3.64. The van der Waals surface area contributed by atoms with Crippen LogP contribution in [0.15, 0.2) is 24.3 Å². The fraction of sp³-hybridized carbons (Fsp3) is 0.462. The lowest BCUT2D eigenvalue weighted by molar-refractivity contribution is -0.901. The number of anilines is 1. The molecule has 1 saturated heterocycles. The van der Waals surface area contributed by atoms with Crippen LogP contribution in [0.3, 0.4) is 0 Å². The van der Waals surface area contributed by atoms with Crippen molar-refractivity contribution in [1.82, 2.24) is 5.32 Å². The first-order chi connectivity index (χ1) is 8.24. The van der Waals surface area contributed by atoms with Crippen molar-refractivity contribution in [2.45, 2.75) is 20.3 Å². The quantitative estimate of drug-likeness (QED) is 0.773. The molecule has 1 unspecified atom stereocenters. The van der Waals surface area contributed by atoms with Crippen molar-refractivity contribution in [3.05, 3.63) is 29.8 Å². The number of hydrogen-bond acceptors (Lipinski definition) is 1. The Morgan fingerprint density at radius 2 is 2.00 bits per heavy atom. The van der Waals surface area contributed by atoms with Crippen molar-refractivity contribution in [2.75, 3.05) is 24.8 Å². The second-order valence-corrected chi connectivity index (χ2v) is 4.76. The summed E-state index contributed by atoms with van der Waals surface area (Å²) in [5, 5.41) is 4.12. The van der Waals surface area contributed by atoms with E-state index in [-0.39, 0.29) is 0 Å². The molecular weight excluding hydrogens is 230 g/mol. The number of benzene rings is 1. The van der Waals surface area contributed by atoms with Gasteiger partial charge in [0.15, 0.2) is 18.4 Å². The molecule has 1 aliphatic heterocycles. The average Bonchev–Trinajstić information content (AvgIpc) is 2.39. The van der Waals surface area contributed by atoms with E-state index < -0.39 is 0 Å². The maximum absolute atomic E-state index is 5.37. The molecule has 0 bridgehead atoms. The third-order valence-electron chi connectivity index (χ3n) is 3.27. The molecule has 2 rings (SSSR count). The molecule has 0 saturated carbocycles. The van der Waals surface area contributed by atoms with Crippen molar-refractivity contribution in [2.24, 2.45) is 0 Å². The molecule has 1 fully saturated rings. The van der Waals surface area contributed by atoms with Gasteiger partial charge in [0.25, 0.3) is 0 Å². The molecular formula is C13H20N3S+. The van der Waals surface area contributed by atoms with Gasteiger partial charge in [0.1, 0.15) is 0 Å². The summed E-state index contributed by atoms with van der Waals surface area (Å²) >= 11 is 5.37. The summed E-state index contributed by atoms with van der Waals surface area (Å²) in [6, 6.07) is 8.67. The van der Waals surface area contributed by atoms with Crippen LogP contribution in [0.5, 0.6) is 0 Å². The van der Waals surface area contributed by atoms with Crippen LogP contribution < -0.4 is 15.1 Å². The number of rotatable bonds is 3. The highest BCUT2D eigenvalue weighted by Gasteiger charge is 2.23. The zero-order chi connectivity index (χ0) is 12.3. The second-order valence-electron chi connectivity index (χ2n) is 4.37. The van der Waals surface area contributed by atoms with Gasteiger partial charge in [-0.3, -0.25) is 4.90 Å². The third kappa shape index (κ3) is 2.76. The molecule has 1 aromatic rings. The minimum Gasteiger partial charge on any atom is -0.315 e. The molecule has 0 spiro atoms. The Kier molecular flexibility index (Phi) is 3.97. The van der Waals surface area contributed by atoms with Gasteiger partial charge in [0.2, 0.25) is 0 Å². The second kappa shape index (κ2) is 5.47. The van der Waals surface area contributed by atoms with Gasteiger partial charge in [0, 0.05) is 5.69 Å². The molecule has 1 atom stereocenters. The fourth-order valence-corrected chi connectivity index (χ4v) is 2.25. The SMILES string of the molecule is CCc1ccc(N2C[NH+](CC)CNC2=S)cc1. The topological polar surface area (TPSA) is 19.7 Å². The molecule has 0 amide bonds. The lowest BCUT2D eigenvalue weighted by Gasteiger charge is -2.34. The van der Waals surface area contributed by atoms with E-state index in [9.17, 15) is 0 Å². The minimum atomic E-state index is 0.839. The van der Waals surface area contributed by atoms with Crippen LogP contribution in [-0.4, -0.2) is 25.0 Å². The first kappa shape index (κ1) is 12.3. The van der Waals surface area contributed by atoms with Gasteiger partial charge < -0.3 is 10.2 Å². The molecule has 3 nitrogen and oxygen atoms in total. The molecule has 0 aliphatic carbocycles. The Balaban J connectivity index is 2.15. The smallest absolute Gasteiger partial charge is 0.182 e. The van der Waals surface area contributed by atoms with Crippen molar-refractivity contribution in [3.8, 4) is 0 Å². The Morgan fingerprint density at radius 1 is 1.29 bits per heavy atom. The van der Waals surface area contributed by atoms with Gasteiger partial charge in [-0.15, -0.1) is 0 Å². The van der Waals surface area contributed by atoms with E-state index in [1.165, 1.54) is 16.2 Å². The van der Waals surface area contributed by atoms with E-state index in [4.69, 9.17) is 12.2 Å².